The summed E-state index contributed by atoms with van der Waals surface area (Å²) in [4.78, 5) is 0. The van der Waals surface area contributed by atoms with Gasteiger partial charge in [0, 0.05) is 0 Å². The van der Waals surface area contributed by atoms with Gasteiger partial charge in [-0.1, -0.05) is 97.7 Å². The van der Waals surface area contributed by atoms with Crippen molar-refractivity contribution in [2.24, 2.45) is 0 Å². The van der Waals surface area contributed by atoms with E-state index in [1.54, 1.807) is 0 Å². The minimum atomic E-state index is 1.07. The molecule has 0 N–H and O–H groups in total. The zero-order chi connectivity index (χ0) is 15.1. The van der Waals surface area contributed by atoms with Crippen molar-refractivity contribution in [3.63, 3.8) is 0 Å². The van der Waals surface area contributed by atoms with Crippen molar-refractivity contribution < 1.29 is 0 Å². The van der Waals surface area contributed by atoms with Crippen LogP contribution in [0.15, 0.2) is 97.2 Å². The summed E-state index contributed by atoms with van der Waals surface area (Å²) in [7, 11) is 0. The fourth-order valence-corrected chi connectivity index (χ4v) is 2.26. The van der Waals surface area contributed by atoms with Gasteiger partial charge >= 0.3 is 0 Å². The first-order valence-corrected chi connectivity index (χ1v) is 7.04. The Balaban J connectivity index is 2.71. The lowest BCUT2D eigenvalue weighted by Gasteiger charge is -2.10. The Labute approximate surface area is 127 Å². The van der Waals surface area contributed by atoms with Crippen LogP contribution < -0.4 is 0 Å². The van der Waals surface area contributed by atoms with Crippen LogP contribution in [0.5, 0.6) is 0 Å². The number of fused-ring (bicyclic) bond motifs is 1. The van der Waals surface area contributed by atoms with Crippen molar-refractivity contribution in [3.05, 3.63) is 108 Å². The number of hydrogen-bond donors (Lipinski definition) is 0. The smallest absolute Gasteiger partial charge is 0.0106 e. The van der Waals surface area contributed by atoms with Gasteiger partial charge in [0.2, 0.25) is 0 Å². The fraction of sp³-hybridized carbons (Fsp3) is 0.0476. The highest BCUT2D eigenvalue weighted by Gasteiger charge is 2.05. The highest BCUT2D eigenvalue weighted by molar-refractivity contribution is 5.84. The molecular weight excluding hydrogens is 252 g/mol. The van der Waals surface area contributed by atoms with Gasteiger partial charge in [0.15, 0.2) is 0 Å². The van der Waals surface area contributed by atoms with E-state index in [2.05, 4.69) is 68.7 Å². The van der Waals surface area contributed by atoms with Gasteiger partial charge in [0.25, 0.3) is 0 Å². The summed E-state index contributed by atoms with van der Waals surface area (Å²) in [6.45, 7) is 9.99. The zero-order valence-electron chi connectivity index (χ0n) is 12.4. The van der Waals surface area contributed by atoms with Gasteiger partial charge in [-0.2, -0.15) is 0 Å². The second kappa shape index (κ2) is 7.25. The summed E-state index contributed by atoms with van der Waals surface area (Å²) in [5.41, 5.74) is 5.71. The summed E-state index contributed by atoms with van der Waals surface area (Å²) >= 11 is 0. The normalized spacial score (nSPS) is 14.8. The van der Waals surface area contributed by atoms with Crippen LogP contribution in [0.2, 0.25) is 0 Å². The third-order valence-corrected chi connectivity index (χ3v) is 3.37. The maximum Gasteiger partial charge on any atom is -0.0106 e. The van der Waals surface area contributed by atoms with E-state index in [1.807, 2.05) is 30.4 Å². The molecule has 21 heavy (non-hydrogen) atoms. The van der Waals surface area contributed by atoms with Crippen molar-refractivity contribution in [2.75, 3.05) is 0 Å². The largest absolute Gasteiger partial charge is 0.0984 e. The monoisotopic (exact) mass is 272 g/mol. The first-order chi connectivity index (χ1) is 10.3. The Morgan fingerprint density at radius 2 is 1.62 bits per heavy atom. The molecule has 0 fully saturated rings. The molecule has 0 amide bonds. The lowest BCUT2D eigenvalue weighted by atomic mass is 9.94. The molecule has 0 aromatic heterocycles. The molecule has 104 valence electrons. The summed E-state index contributed by atoms with van der Waals surface area (Å²) < 4.78 is 0. The van der Waals surface area contributed by atoms with Crippen LogP contribution in [0.3, 0.4) is 0 Å². The fourth-order valence-electron chi connectivity index (χ4n) is 2.26. The molecule has 0 heteroatoms. The molecule has 0 radical (unpaired) electrons. The summed E-state index contributed by atoms with van der Waals surface area (Å²) in [5, 5.41) is 0. The SMILES string of the molecule is C=CC1=C(C=C)c2ccccc2C=CC=C(C)C=CC=C1. The van der Waals surface area contributed by atoms with Crippen LogP contribution in [0, 0.1) is 0 Å². The van der Waals surface area contributed by atoms with Gasteiger partial charge in [0.1, 0.15) is 0 Å². The van der Waals surface area contributed by atoms with Crippen molar-refractivity contribution >= 4 is 11.6 Å². The predicted octanol–water partition coefficient (Wildman–Crippen LogP) is 5.90. The molecule has 0 aliphatic heterocycles. The molecule has 1 aromatic rings. The number of benzene rings is 1. The third kappa shape index (κ3) is 3.70. The molecule has 0 heterocycles. The van der Waals surface area contributed by atoms with Crippen LogP contribution in [0.25, 0.3) is 11.6 Å². The molecule has 1 aliphatic carbocycles. The van der Waals surface area contributed by atoms with Gasteiger partial charge in [-0.05, 0) is 29.2 Å². The Morgan fingerprint density at radius 3 is 2.38 bits per heavy atom. The van der Waals surface area contributed by atoms with Gasteiger partial charge in [-0.25, -0.2) is 0 Å². The molecule has 0 saturated heterocycles. The van der Waals surface area contributed by atoms with Gasteiger partial charge in [0.05, 0.1) is 0 Å². The standard InChI is InChI=1S/C21H20/c1-4-18-13-7-6-11-17(3)12-10-15-19-14-8-9-16-21(19)20(18)5-2/h4-16H,1-2H2,3H3. The molecule has 0 spiro atoms. The van der Waals surface area contributed by atoms with Crippen molar-refractivity contribution in [2.45, 2.75) is 6.92 Å². The Hall–Kier alpha value is -2.60. The lowest BCUT2D eigenvalue weighted by molar-refractivity contribution is 1.51. The van der Waals surface area contributed by atoms with Crippen LogP contribution >= 0.6 is 0 Å². The average Bonchev–Trinajstić information content (AvgIpc) is 2.50. The van der Waals surface area contributed by atoms with Crippen molar-refractivity contribution in [3.8, 4) is 0 Å². The van der Waals surface area contributed by atoms with Gasteiger partial charge < -0.3 is 0 Å². The topological polar surface area (TPSA) is 0 Å². The Bertz CT molecular complexity index is 689. The van der Waals surface area contributed by atoms with Crippen molar-refractivity contribution in [1.82, 2.24) is 0 Å². The molecular formula is C21H20. The van der Waals surface area contributed by atoms with E-state index in [1.165, 1.54) is 16.7 Å². The zero-order valence-corrected chi connectivity index (χ0v) is 12.4. The van der Waals surface area contributed by atoms with Crippen molar-refractivity contribution in [1.29, 1.82) is 0 Å². The second-order valence-electron chi connectivity index (χ2n) is 4.85. The highest BCUT2D eigenvalue weighted by atomic mass is 14.1. The highest BCUT2D eigenvalue weighted by Crippen LogP contribution is 2.26. The molecule has 0 saturated carbocycles. The minimum absolute atomic E-state index is 1.07. The third-order valence-electron chi connectivity index (χ3n) is 3.37. The van der Waals surface area contributed by atoms with E-state index >= 15 is 0 Å². The molecule has 1 aliphatic rings. The van der Waals surface area contributed by atoms with E-state index < -0.39 is 0 Å². The quantitative estimate of drug-likeness (QED) is 0.629. The van der Waals surface area contributed by atoms with E-state index in [-0.39, 0.29) is 0 Å². The first kappa shape index (κ1) is 14.8. The van der Waals surface area contributed by atoms with E-state index in [4.69, 9.17) is 0 Å². The van der Waals surface area contributed by atoms with Crippen LogP contribution in [-0.2, 0) is 0 Å². The number of allylic oxidation sites excluding steroid dienone is 11. The average molecular weight is 272 g/mol. The van der Waals surface area contributed by atoms with Gasteiger partial charge in [-0.15, -0.1) is 0 Å². The second-order valence-corrected chi connectivity index (χ2v) is 4.85. The summed E-state index contributed by atoms with van der Waals surface area (Å²) in [6, 6.07) is 8.33. The lowest BCUT2D eigenvalue weighted by Crippen LogP contribution is -1.90. The molecule has 0 atom stereocenters. The Morgan fingerprint density at radius 1 is 0.857 bits per heavy atom. The van der Waals surface area contributed by atoms with Crippen LogP contribution in [0.4, 0.5) is 0 Å². The molecule has 0 bridgehead atoms. The Kier molecular flexibility index (Phi) is 5.11. The van der Waals surface area contributed by atoms with E-state index in [0.29, 0.717) is 0 Å². The van der Waals surface area contributed by atoms with E-state index in [9.17, 15) is 0 Å². The summed E-state index contributed by atoms with van der Waals surface area (Å²) in [5.74, 6) is 0. The van der Waals surface area contributed by atoms with Gasteiger partial charge in [-0.3, -0.25) is 0 Å². The maximum atomic E-state index is 3.97. The molecule has 2 rings (SSSR count). The molecule has 0 unspecified atom stereocenters. The first-order valence-electron chi connectivity index (χ1n) is 7.04. The van der Waals surface area contributed by atoms with Crippen LogP contribution in [0.1, 0.15) is 18.1 Å². The molecule has 1 aromatic carbocycles. The molecule has 0 nitrogen and oxygen atoms in total. The summed E-state index contributed by atoms with van der Waals surface area (Å²) in [6.07, 6.45) is 18.3. The minimum Gasteiger partial charge on any atom is -0.0984 e. The number of hydrogen-bond acceptors (Lipinski definition) is 0. The predicted molar refractivity (Wildman–Crippen MR) is 94.8 cm³/mol. The maximum absolute atomic E-state index is 3.97. The van der Waals surface area contributed by atoms with E-state index in [0.717, 1.165) is 11.1 Å². The number of rotatable bonds is 2. The van der Waals surface area contributed by atoms with Crippen LogP contribution in [-0.4, -0.2) is 0 Å².